The summed E-state index contributed by atoms with van der Waals surface area (Å²) in [7, 11) is 1.68. The first-order chi connectivity index (χ1) is 9.78. The Morgan fingerprint density at radius 3 is 3.10 bits per heavy atom. The number of hydrogen-bond acceptors (Lipinski definition) is 4. The van der Waals surface area contributed by atoms with Gasteiger partial charge in [0.05, 0.1) is 25.9 Å². The van der Waals surface area contributed by atoms with E-state index in [1.54, 1.807) is 7.11 Å². The van der Waals surface area contributed by atoms with Crippen LogP contribution in [0.5, 0.6) is 5.75 Å². The third-order valence-corrected chi connectivity index (χ3v) is 3.50. The van der Waals surface area contributed by atoms with Gasteiger partial charge in [-0.05, 0) is 37.5 Å². The Morgan fingerprint density at radius 1 is 1.45 bits per heavy atom. The molecule has 1 aromatic carbocycles. The Kier molecular flexibility index (Phi) is 6.30. The minimum atomic E-state index is 0.183. The average molecular weight is 279 g/mol. The molecule has 2 unspecified atom stereocenters. The predicted octanol–water partition coefficient (Wildman–Crippen LogP) is 2.37. The van der Waals surface area contributed by atoms with Gasteiger partial charge in [0.15, 0.2) is 0 Å². The number of benzene rings is 1. The number of hydrogen-bond donors (Lipinski definition) is 1. The first-order valence-electron chi connectivity index (χ1n) is 7.35. The normalized spacial score (nSPS) is 20.0. The Hall–Kier alpha value is -1.10. The second-order valence-corrected chi connectivity index (χ2v) is 5.27. The van der Waals surface area contributed by atoms with Crippen molar-refractivity contribution in [1.82, 2.24) is 5.32 Å². The lowest BCUT2D eigenvalue weighted by atomic mass is 10.2. The Morgan fingerprint density at radius 2 is 2.35 bits per heavy atom. The van der Waals surface area contributed by atoms with Crippen LogP contribution < -0.4 is 10.1 Å². The number of nitrogens with one attached hydrogen (secondary N) is 1. The zero-order valence-corrected chi connectivity index (χ0v) is 12.4. The number of rotatable bonds is 8. The van der Waals surface area contributed by atoms with Crippen LogP contribution in [0.3, 0.4) is 0 Å². The molecular formula is C16H25NO3. The molecule has 112 valence electrons. The van der Waals surface area contributed by atoms with E-state index in [0.717, 1.165) is 31.0 Å². The maximum absolute atomic E-state index is 5.83. The van der Waals surface area contributed by atoms with Crippen LogP contribution >= 0.6 is 0 Å². The molecule has 0 bridgehead atoms. The van der Waals surface area contributed by atoms with Crippen LogP contribution in [0.2, 0.25) is 0 Å². The highest BCUT2D eigenvalue weighted by Crippen LogP contribution is 2.14. The molecule has 1 fully saturated rings. The third-order valence-electron chi connectivity index (χ3n) is 3.50. The van der Waals surface area contributed by atoms with E-state index in [1.165, 1.54) is 12.8 Å². The van der Waals surface area contributed by atoms with Crippen molar-refractivity contribution in [2.45, 2.75) is 38.6 Å². The maximum atomic E-state index is 5.83. The number of ether oxygens (including phenoxy) is 3. The van der Waals surface area contributed by atoms with Gasteiger partial charge < -0.3 is 19.5 Å². The zero-order chi connectivity index (χ0) is 14.2. The molecular weight excluding hydrogens is 254 g/mol. The molecule has 1 saturated heterocycles. The average Bonchev–Trinajstić information content (AvgIpc) is 2.98. The monoisotopic (exact) mass is 279 g/mol. The van der Waals surface area contributed by atoms with Crippen LogP contribution in [-0.2, 0) is 16.1 Å². The van der Waals surface area contributed by atoms with Crippen molar-refractivity contribution in [1.29, 1.82) is 0 Å². The highest BCUT2D eigenvalue weighted by atomic mass is 16.5. The van der Waals surface area contributed by atoms with Crippen molar-refractivity contribution in [2.75, 3.05) is 26.8 Å². The molecule has 1 N–H and O–H groups in total. The lowest BCUT2D eigenvalue weighted by Crippen LogP contribution is -2.32. The highest BCUT2D eigenvalue weighted by molar-refractivity contribution is 5.27. The summed E-state index contributed by atoms with van der Waals surface area (Å²) >= 11 is 0. The van der Waals surface area contributed by atoms with Crippen LogP contribution in [0.15, 0.2) is 24.3 Å². The Labute approximate surface area is 121 Å². The van der Waals surface area contributed by atoms with Gasteiger partial charge in [-0.2, -0.15) is 0 Å². The molecule has 0 aliphatic carbocycles. The Balaban J connectivity index is 1.62. The van der Waals surface area contributed by atoms with E-state index in [-0.39, 0.29) is 6.10 Å². The quantitative estimate of drug-likeness (QED) is 0.793. The molecule has 1 aliphatic heterocycles. The largest absolute Gasteiger partial charge is 0.497 e. The van der Waals surface area contributed by atoms with E-state index in [2.05, 4.69) is 18.3 Å². The molecule has 4 nitrogen and oxygen atoms in total. The zero-order valence-electron chi connectivity index (χ0n) is 12.4. The lowest BCUT2D eigenvalue weighted by Gasteiger charge is -2.16. The van der Waals surface area contributed by atoms with Crippen LogP contribution in [0.25, 0.3) is 0 Å². The van der Waals surface area contributed by atoms with Crippen molar-refractivity contribution >= 4 is 0 Å². The van der Waals surface area contributed by atoms with Gasteiger partial charge in [0.25, 0.3) is 0 Å². The summed E-state index contributed by atoms with van der Waals surface area (Å²) in [4.78, 5) is 0. The summed E-state index contributed by atoms with van der Waals surface area (Å²) in [6, 6.07) is 7.98. The molecule has 1 aliphatic rings. The fourth-order valence-corrected chi connectivity index (χ4v) is 2.31. The van der Waals surface area contributed by atoms with Crippen molar-refractivity contribution in [3.63, 3.8) is 0 Å². The molecule has 0 aromatic heterocycles. The molecule has 1 aromatic rings. The van der Waals surface area contributed by atoms with Gasteiger partial charge in [0, 0.05) is 19.7 Å². The van der Waals surface area contributed by atoms with E-state index in [9.17, 15) is 0 Å². The summed E-state index contributed by atoms with van der Waals surface area (Å²) in [5.74, 6) is 0.871. The molecule has 0 spiro atoms. The van der Waals surface area contributed by atoms with Gasteiger partial charge in [0.2, 0.25) is 0 Å². The van der Waals surface area contributed by atoms with Crippen LogP contribution in [0.4, 0.5) is 0 Å². The van der Waals surface area contributed by atoms with E-state index >= 15 is 0 Å². The van der Waals surface area contributed by atoms with Crippen LogP contribution in [0, 0.1) is 0 Å². The topological polar surface area (TPSA) is 39.7 Å². The molecule has 4 heteroatoms. The first-order valence-corrected chi connectivity index (χ1v) is 7.35. The van der Waals surface area contributed by atoms with Gasteiger partial charge in [-0.3, -0.25) is 0 Å². The van der Waals surface area contributed by atoms with E-state index in [4.69, 9.17) is 14.2 Å². The smallest absolute Gasteiger partial charge is 0.119 e. The van der Waals surface area contributed by atoms with Crippen molar-refractivity contribution in [3.05, 3.63) is 29.8 Å². The molecule has 2 atom stereocenters. The molecule has 0 amide bonds. The van der Waals surface area contributed by atoms with Crippen molar-refractivity contribution in [2.24, 2.45) is 0 Å². The standard InChI is InChI=1S/C16H25NO3/c1-13(10-17-11-16-7-4-8-19-16)20-12-14-5-3-6-15(9-14)18-2/h3,5-6,9,13,16-17H,4,7-8,10-12H2,1-2H3. The van der Waals surface area contributed by atoms with Gasteiger partial charge in [-0.1, -0.05) is 12.1 Å². The van der Waals surface area contributed by atoms with Gasteiger partial charge >= 0.3 is 0 Å². The summed E-state index contributed by atoms with van der Waals surface area (Å²) in [5, 5.41) is 3.41. The van der Waals surface area contributed by atoms with Crippen molar-refractivity contribution in [3.8, 4) is 5.75 Å². The number of methoxy groups -OCH3 is 1. The van der Waals surface area contributed by atoms with E-state index < -0.39 is 0 Å². The molecule has 0 saturated carbocycles. The van der Waals surface area contributed by atoms with Crippen LogP contribution in [-0.4, -0.2) is 39.0 Å². The summed E-state index contributed by atoms with van der Waals surface area (Å²) in [6.45, 7) is 5.38. The fraction of sp³-hybridized carbons (Fsp3) is 0.625. The Bertz CT molecular complexity index is 391. The van der Waals surface area contributed by atoms with Crippen LogP contribution in [0.1, 0.15) is 25.3 Å². The molecule has 0 radical (unpaired) electrons. The molecule has 20 heavy (non-hydrogen) atoms. The van der Waals surface area contributed by atoms with E-state index in [1.807, 2.05) is 18.2 Å². The lowest BCUT2D eigenvalue weighted by molar-refractivity contribution is 0.0485. The molecule has 2 rings (SSSR count). The minimum absolute atomic E-state index is 0.183. The fourth-order valence-electron chi connectivity index (χ4n) is 2.31. The first kappa shape index (κ1) is 15.3. The second-order valence-electron chi connectivity index (χ2n) is 5.27. The maximum Gasteiger partial charge on any atom is 0.119 e. The molecule has 1 heterocycles. The van der Waals surface area contributed by atoms with Crippen molar-refractivity contribution < 1.29 is 14.2 Å². The SMILES string of the molecule is COc1cccc(COC(C)CNCC2CCCO2)c1. The highest BCUT2D eigenvalue weighted by Gasteiger charge is 2.15. The van der Waals surface area contributed by atoms with E-state index in [0.29, 0.717) is 12.7 Å². The minimum Gasteiger partial charge on any atom is -0.497 e. The summed E-state index contributed by atoms with van der Waals surface area (Å²) in [6.07, 6.45) is 2.93. The van der Waals surface area contributed by atoms with Gasteiger partial charge in [-0.25, -0.2) is 0 Å². The predicted molar refractivity (Wildman–Crippen MR) is 79.1 cm³/mol. The summed E-state index contributed by atoms with van der Waals surface area (Å²) in [5.41, 5.74) is 1.13. The third kappa shape index (κ3) is 5.12. The second kappa shape index (κ2) is 8.25. The summed E-state index contributed by atoms with van der Waals surface area (Å²) < 4.78 is 16.6. The van der Waals surface area contributed by atoms with Gasteiger partial charge in [0.1, 0.15) is 5.75 Å². The van der Waals surface area contributed by atoms with Gasteiger partial charge in [-0.15, -0.1) is 0 Å².